The van der Waals surface area contributed by atoms with Crippen molar-refractivity contribution in [2.45, 2.75) is 55.1 Å². The largest absolute Gasteiger partial charge is 0.460 e. The molecule has 0 saturated carbocycles. The topological polar surface area (TPSA) is 55.2 Å². The molecule has 0 bridgehead atoms. The van der Waals surface area contributed by atoms with Crippen molar-refractivity contribution in [1.82, 2.24) is 6.15 Å². The molecule has 0 saturated heterocycles. The van der Waals surface area contributed by atoms with Crippen molar-refractivity contribution in [3.05, 3.63) is 0 Å². The molecular weight excluding hydrogens is 397 g/mol. The Bertz CT molecular complexity index is 431. The second-order valence-corrected chi connectivity index (χ2v) is 4.73. The summed E-state index contributed by atoms with van der Waals surface area (Å²) in [5, 5.41) is 8.11. The zero-order valence-electron chi connectivity index (χ0n) is 11.9. The summed E-state index contributed by atoms with van der Waals surface area (Å²) in [6.45, 7) is -1.55. The van der Waals surface area contributed by atoms with Gasteiger partial charge in [0.2, 0.25) is 0 Å². The molecule has 0 atom stereocenters. The van der Waals surface area contributed by atoms with Crippen LogP contribution in [0.5, 0.6) is 0 Å². The second-order valence-electron chi connectivity index (χ2n) is 4.73. The first-order valence-corrected chi connectivity index (χ1v) is 5.83. The highest BCUT2D eigenvalue weighted by molar-refractivity contribution is 5.01. The van der Waals surface area contributed by atoms with E-state index in [1.54, 1.807) is 0 Å². The van der Waals surface area contributed by atoms with E-state index in [2.05, 4.69) is 0 Å². The first-order valence-electron chi connectivity index (χ1n) is 5.83. The average molecular weight is 409 g/mol. The first kappa shape index (κ1) is 26.2. The minimum absolute atomic E-state index is 0. The molecule has 4 N–H and O–H groups in total. The Morgan fingerprint density at radius 1 is 0.480 bits per heavy atom. The lowest BCUT2D eigenvalue weighted by molar-refractivity contribution is -0.398. The number of aliphatic hydroxyl groups excluding tert-OH is 1. The van der Waals surface area contributed by atoms with E-state index >= 15 is 0 Å². The summed E-state index contributed by atoms with van der Waals surface area (Å²) in [6, 6.07) is 0. The van der Waals surface area contributed by atoms with Gasteiger partial charge in [0.15, 0.2) is 0 Å². The third-order valence-electron chi connectivity index (χ3n) is 2.92. The number of alkyl halides is 13. The smallest absolute Gasteiger partial charge is 0.396 e. The Morgan fingerprint density at radius 2 is 0.800 bits per heavy atom. The van der Waals surface area contributed by atoms with Crippen LogP contribution in [0.3, 0.4) is 0 Å². The van der Waals surface area contributed by atoms with Crippen molar-refractivity contribution in [3.8, 4) is 0 Å². The van der Waals surface area contributed by atoms with E-state index in [9.17, 15) is 57.1 Å². The normalized spacial score (nSPS) is 15.1. The van der Waals surface area contributed by atoms with Crippen LogP contribution in [0.4, 0.5) is 57.1 Å². The zero-order chi connectivity index (χ0) is 19.8. The van der Waals surface area contributed by atoms with Crippen molar-refractivity contribution in [2.24, 2.45) is 0 Å². The molecule has 25 heavy (non-hydrogen) atoms. The van der Waals surface area contributed by atoms with Gasteiger partial charge in [-0.1, -0.05) is 0 Å². The zero-order valence-corrected chi connectivity index (χ0v) is 11.9. The summed E-state index contributed by atoms with van der Waals surface area (Å²) in [4.78, 5) is 0. The van der Waals surface area contributed by atoms with Gasteiger partial charge in [0.25, 0.3) is 0 Å². The van der Waals surface area contributed by atoms with Gasteiger partial charge >= 0.3 is 35.8 Å². The van der Waals surface area contributed by atoms with E-state index in [0.717, 1.165) is 0 Å². The van der Waals surface area contributed by atoms with E-state index in [1.807, 2.05) is 0 Å². The highest BCUT2D eigenvalue weighted by atomic mass is 19.4. The molecule has 0 heterocycles. The molecule has 0 unspecified atom stereocenters. The highest BCUT2D eigenvalue weighted by Gasteiger charge is 2.81. The lowest BCUT2D eigenvalue weighted by atomic mass is 9.95. The fraction of sp³-hybridized carbons (Fsp3) is 1.00. The molecule has 0 aliphatic carbocycles. The minimum atomic E-state index is -7.29. The molecule has 0 aromatic heterocycles. The number of hydrogen-bond donors (Lipinski definition) is 2. The fourth-order valence-electron chi connectivity index (χ4n) is 1.38. The summed E-state index contributed by atoms with van der Waals surface area (Å²) in [5.41, 5.74) is 0. The lowest BCUT2D eigenvalue weighted by Crippen LogP contribution is -2.61. The standard InChI is InChI=1S/C10H9F13O.H3N/c11-5(12,6(13,14)3-4-24)1-2-7(15,16)8(17,18)9(19,20)10(21,22)23;/h24H,1-4H2;1H3. The Labute approximate surface area is 131 Å². The summed E-state index contributed by atoms with van der Waals surface area (Å²) < 4.78 is 163. The Balaban J connectivity index is 0. The number of rotatable bonds is 8. The van der Waals surface area contributed by atoms with Gasteiger partial charge in [-0.05, 0) is 0 Å². The van der Waals surface area contributed by atoms with Gasteiger partial charge in [-0.25, -0.2) is 0 Å². The Kier molecular flexibility index (Phi) is 7.69. The molecule has 154 valence electrons. The van der Waals surface area contributed by atoms with Crippen molar-refractivity contribution < 1.29 is 62.2 Å². The van der Waals surface area contributed by atoms with Crippen molar-refractivity contribution in [1.29, 1.82) is 0 Å². The summed E-state index contributed by atoms with van der Waals surface area (Å²) >= 11 is 0. The molecule has 0 aliphatic heterocycles. The molecule has 15 heteroatoms. The van der Waals surface area contributed by atoms with Crippen LogP contribution in [0, 0.1) is 0 Å². The van der Waals surface area contributed by atoms with Crippen LogP contribution < -0.4 is 6.15 Å². The molecular formula is C10H12F13NO. The molecule has 0 aliphatic rings. The third kappa shape index (κ3) is 4.80. The van der Waals surface area contributed by atoms with Gasteiger partial charge in [0, 0.05) is 25.9 Å². The molecule has 0 aromatic carbocycles. The number of aliphatic hydroxyl groups is 1. The molecule has 0 rings (SSSR count). The molecule has 0 aromatic rings. The Morgan fingerprint density at radius 3 is 1.12 bits per heavy atom. The monoisotopic (exact) mass is 409 g/mol. The predicted molar refractivity (Wildman–Crippen MR) is 56.7 cm³/mol. The second kappa shape index (κ2) is 7.32. The van der Waals surface area contributed by atoms with Gasteiger partial charge in [0.05, 0.1) is 0 Å². The maximum Gasteiger partial charge on any atom is 0.460 e. The summed E-state index contributed by atoms with van der Waals surface area (Å²) in [6.07, 6.45) is -15.0. The quantitative estimate of drug-likeness (QED) is 0.552. The Hall–Kier alpha value is -0.990. The van der Waals surface area contributed by atoms with Gasteiger partial charge in [-0.15, -0.1) is 0 Å². The summed E-state index contributed by atoms with van der Waals surface area (Å²) in [5.74, 6) is -31.4. The molecule has 0 fully saturated rings. The van der Waals surface area contributed by atoms with Crippen LogP contribution >= 0.6 is 0 Å². The van der Waals surface area contributed by atoms with Crippen LogP contribution in [0.2, 0.25) is 0 Å². The van der Waals surface area contributed by atoms with Gasteiger partial charge in [-0.3, -0.25) is 0 Å². The van der Waals surface area contributed by atoms with Crippen LogP contribution in [-0.2, 0) is 0 Å². The van der Waals surface area contributed by atoms with Crippen LogP contribution in [0.25, 0.3) is 0 Å². The third-order valence-corrected chi connectivity index (χ3v) is 2.92. The van der Waals surface area contributed by atoms with Crippen LogP contribution in [-0.4, -0.2) is 47.5 Å². The predicted octanol–water partition coefficient (Wildman–Crippen LogP) is 5.05. The van der Waals surface area contributed by atoms with E-state index in [4.69, 9.17) is 5.11 Å². The highest BCUT2D eigenvalue weighted by Crippen LogP contribution is 2.55. The van der Waals surface area contributed by atoms with Crippen molar-refractivity contribution in [3.63, 3.8) is 0 Å². The number of hydrogen-bond acceptors (Lipinski definition) is 2. The maximum atomic E-state index is 13.0. The van der Waals surface area contributed by atoms with E-state index in [1.165, 1.54) is 0 Å². The van der Waals surface area contributed by atoms with Crippen molar-refractivity contribution >= 4 is 0 Å². The average Bonchev–Trinajstić information content (AvgIpc) is 2.34. The first-order chi connectivity index (χ1) is 10.3. The van der Waals surface area contributed by atoms with Crippen LogP contribution in [0.15, 0.2) is 0 Å². The fourth-order valence-corrected chi connectivity index (χ4v) is 1.38. The van der Waals surface area contributed by atoms with Gasteiger partial charge in [0.1, 0.15) is 0 Å². The molecule has 0 amide bonds. The van der Waals surface area contributed by atoms with Crippen LogP contribution in [0.1, 0.15) is 19.3 Å². The van der Waals surface area contributed by atoms with E-state index < -0.39 is 61.7 Å². The van der Waals surface area contributed by atoms with Gasteiger partial charge < -0.3 is 11.3 Å². The summed E-state index contributed by atoms with van der Waals surface area (Å²) in [7, 11) is 0. The molecule has 0 spiro atoms. The SMILES string of the molecule is N.OCCC(F)(F)C(F)(F)CCC(F)(F)C(F)(F)C(F)(F)C(F)(F)F. The van der Waals surface area contributed by atoms with E-state index in [-0.39, 0.29) is 6.15 Å². The lowest BCUT2D eigenvalue weighted by Gasteiger charge is -2.35. The molecule has 2 nitrogen and oxygen atoms in total. The van der Waals surface area contributed by atoms with Crippen molar-refractivity contribution in [2.75, 3.05) is 6.61 Å². The van der Waals surface area contributed by atoms with E-state index in [0.29, 0.717) is 0 Å². The van der Waals surface area contributed by atoms with Gasteiger partial charge in [-0.2, -0.15) is 57.1 Å². The maximum absolute atomic E-state index is 13.0. The number of halogens is 13. The minimum Gasteiger partial charge on any atom is -0.396 e. The molecule has 0 radical (unpaired) electrons.